The van der Waals surface area contributed by atoms with Gasteiger partial charge in [0.15, 0.2) is 5.78 Å². The maximum atomic E-state index is 11.7. The number of Topliss-reactive ketones (excluding diaryl/α,β-unsaturated/α-hetero) is 1. The highest BCUT2D eigenvalue weighted by Crippen LogP contribution is 2.16. The average molecular weight is 270 g/mol. The summed E-state index contributed by atoms with van der Waals surface area (Å²) in [6, 6.07) is 0. The Hall–Kier alpha value is -1.43. The van der Waals surface area contributed by atoms with Crippen LogP contribution in [-0.4, -0.2) is 55.8 Å². The van der Waals surface area contributed by atoms with E-state index in [1.54, 1.807) is 14.0 Å². The molecule has 0 radical (unpaired) electrons. The number of rotatable bonds is 6. The molecule has 1 aliphatic rings. The van der Waals surface area contributed by atoms with Crippen LogP contribution in [0, 0.1) is 5.92 Å². The number of hydrogen-bond acceptors (Lipinski definition) is 5. The van der Waals surface area contributed by atoms with Crippen LogP contribution in [-0.2, 0) is 19.1 Å². The highest BCUT2D eigenvalue weighted by Gasteiger charge is 2.26. The quantitative estimate of drug-likeness (QED) is 0.542. The van der Waals surface area contributed by atoms with E-state index < -0.39 is 5.97 Å². The molecule has 6 heteroatoms. The molecule has 1 fully saturated rings. The molecule has 1 aliphatic heterocycles. The van der Waals surface area contributed by atoms with E-state index in [-0.39, 0.29) is 37.2 Å². The lowest BCUT2D eigenvalue weighted by atomic mass is 9.97. The van der Waals surface area contributed by atoms with E-state index >= 15 is 0 Å². The molecule has 1 amide bonds. The van der Waals surface area contributed by atoms with E-state index in [4.69, 9.17) is 4.74 Å². The van der Waals surface area contributed by atoms with Gasteiger partial charge in [-0.05, 0) is 26.3 Å². The largest absolute Gasteiger partial charge is 0.466 e. The Morgan fingerprint density at radius 1 is 1.37 bits per heavy atom. The first-order valence-corrected chi connectivity index (χ1v) is 6.68. The van der Waals surface area contributed by atoms with Gasteiger partial charge in [-0.15, -0.1) is 0 Å². The van der Waals surface area contributed by atoms with Crippen LogP contribution in [0.2, 0.25) is 0 Å². The topological polar surface area (TPSA) is 75.7 Å². The number of hydrogen-bond donors (Lipinski definition) is 1. The van der Waals surface area contributed by atoms with Gasteiger partial charge in [0.1, 0.15) is 6.42 Å². The number of ether oxygens (including phenoxy) is 1. The van der Waals surface area contributed by atoms with Crippen molar-refractivity contribution >= 4 is 17.7 Å². The van der Waals surface area contributed by atoms with Crippen LogP contribution < -0.4 is 5.32 Å². The number of piperidine rings is 1. The Bertz CT molecular complexity index is 344. The Labute approximate surface area is 113 Å². The number of amides is 1. The minimum atomic E-state index is -0.479. The Kier molecular flexibility index (Phi) is 6.49. The molecule has 19 heavy (non-hydrogen) atoms. The Morgan fingerprint density at radius 2 is 2.11 bits per heavy atom. The van der Waals surface area contributed by atoms with Crippen molar-refractivity contribution in [1.82, 2.24) is 10.2 Å². The highest BCUT2D eigenvalue weighted by molar-refractivity contribution is 5.96. The van der Waals surface area contributed by atoms with Crippen LogP contribution in [0.15, 0.2) is 0 Å². The molecule has 0 aromatic carbocycles. The van der Waals surface area contributed by atoms with Gasteiger partial charge < -0.3 is 10.1 Å². The molecule has 1 atom stereocenters. The number of esters is 1. The van der Waals surface area contributed by atoms with E-state index in [0.29, 0.717) is 6.54 Å². The number of carbonyl (C=O) groups is 3. The first kappa shape index (κ1) is 15.6. The maximum absolute atomic E-state index is 11.7. The van der Waals surface area contributed by atoms with Gasteiger partial charge in [-0.1, -0.05) is 0 Å². The van der Waals surface area contributed by atoms with Gasteiger partial charge in [-0.2, -0.15) is 0 Å². The summed E-state index contributed by atoms with van der Waals surface area (Å²) < 4.78 is 4.74. The van der Waals surface area contributed by atoms with Crippen molar-refractivity contribution < 1.29 is 19.1 Å². The third-order valence-electron chi connectivity index (χ3n) is 3.17. The average Bonchev–Trinajstić information content (AvgIpc) is 2.38. The van der Waals surface area contributed by atoms with Gasteiger partial charge in [0.25, 0.3) is 0 Å². The van der Waals surface area contributed by atoms with Crippen molar-refractivity contribution in [3.8, 4) is 0 Å². The maximum Gasteiger partial charge on any atom is 0.313 e. The Balaban J connectivity index is 2.37. The van der Waals surface area contributed by atoms with E-state index in [2.05, 4.69) is 5.32 Å². The van der Waals surface area contributed by atoms with E-state index in [0.717, 1.165) is 19.4 Å². The lowest BCUT2D eigenvalue weighted by Gasteiger charge is -2.31. The fourth-order valence-electron chi connectivity index (χ4n) is 2.30. The van der Waals surface area contributed by atoms with Gasteiger partial charge in [0.2, 0.25) is 5.91 Å². The third kappa shape index (κ3) is 5.38. The van der Waals surface area contributed by atoms with Gasteiger partial charge in [-0.3, -0.25) is 19.3 Å². The molecular formula is C13H22N2O4. The molecule has 1 rings (SSSR count). The molecule has 108 valence electrons. The highest BCUT2D eigenvalue weighted by atomic mass is 16.5. The molecule has 1 N–H and O–H groups in total. The van der Waals surface area contributed by atoms with Crippen LogP contribution in [0.1, 0.15) is 26.2 Å². The zero-order valence-corrected chi connectivity index (χ0v) is 11.6. The van der Waals surface area contributed by atoms with Crippen LogP contribution in [0.4, 0.5) is 0 Å². The molecule has 1 unspecified atom stereocenters. The van der Waals surface area contributed by atoms with E-state index in [1.807, 2.05) is 4.90 Å². The van der Waals surface area contributed by atoms with Crippen molar-refractivity contribution in [3.05, 3.63) is 0 Å². The predicted molar refractivity (Wildman–Crippen MR) is 69.5 cm³/mol. The Morgan fingerprint density at radius 3 is 2.74 bits per heavy atom. The molecule has 1 saturated heterocycles. The van der Waals surface area contributed by atoms with E-state index in [1.165, 1.54) is 0 Å². The van der Waals surface area contributed by atoms with Gasteiger partial charge >= 0.3 is 5.97 Å². The molecule has 0 aromatic rings. The minimum absolute atomic E-state index is 0.0162. The van der Waals surface area contributed by atoms with Crippen LogP contribution in [0.3, 0.4) is 0 Å². The fourth-order valence-corrected chi connectivity index (χ4v) is 2.30. The van der Waals surface area contributed by atoms with Crippen molar-refractivity contribution in [2.24, 2.45) is 5.92 Å². The smallest absolute Gasteiger partial charge is 0.313 e. The number of likely N-dealkylation sites (tertiary alicyclic amines) is 1. The fraction of sp³-hybridized carbons (Fsp3) is 0.769. The minimum Gasteiger partial charge on any atom is -0.466 e. The summed E-state index contributed by atoms with van der Waals surface area (Å²) >= 11 is 0. The van der Waals surface area contributed by atoms with E-state index in [9.17, 15) is 14.4 Å². The van der Waals surface area contributed by atoms with Crippen LogP contribution >= 0.6 is 0 Å². The molecule has 1 heterocycles. The van der Waals surface area contributed by atoms with Gasteiger partial charge in [-0.25, -0.2) is 0 Å². The lowest BCUT2D eigenvalue weighted by Crippen LogP contribution is -2.44. The predicted octanol–water partition coefficient (Wildman–Crippen LogP) is -0.0333. The lowest BCUT2D eigenvalue weighted by molar-refractivity contribution is -0.146. The molecule has 0 spiro atoms. The summed E-state index contributed by atoms with van der Waals surface area (Å²) in [5, 5.41) is 2.63. The van der Waals surface area contributed by atoms with Crippen LogP contribution in [0.25, 0.3) is 0 Å². The van der Waals surface area contributed by atoms with Crippen molar-refractivity contribution in [1.29, 1.82) is 0 Å². The van der Waals surface area contributed by atoms with Crippen molar-refractivity contribution in [2.45, 2.75) is 26.2 Å². The second kappa shape index (κ2) is 7.89. The van der Waals surface area contributed by atoms with Gasteiger partial charge in [0, 0.05) is 13.6 Å². The number of nitrogens with zero attached hydrogens (tertiary/aromatic N) is 1. The number of ketones is 1. The first-order valence-electron chi connectivity index (χ1n) is 6.68. The van der Waals surface area contributed by atoms with Crippen LogP contribution in [0.5, 0.6) is 0 Å². The first-order chi connectivity index (χ1) is 9.06. The molecule has 6 nitrogen and oxygen atoms in total. The number of nitrogens with one attached hydrogen (secondary N) is 1. The molecule has 0 saturated carbocycles. The van der Waals surface area contributed by atoms with Crippen molar-refractivity contribution in [3.63, 3.8) is 0 Å². The summed E-state index contributed by atoms with van der Waals surface area (Å²) in [7, 11) is 1.62. The zero-order chi connectivity index (χ0) is 14.3. The third-order valence-corrected chi connectivity index (χ3v) is 3.17. The standard InChI is InChI=1S/C13H22N2O4/c1-3-19-12(17)7-11(16)9-15-6-4-5-10(8-15)13(18)14-2/h10H,3-9H2,1-2H3,(H,14,18). The molecule has 0 aromatic heterocycles. The molecular weight excluding hydrogens is 248 g/mol. The zero-order valence-electron chi connectivity index (χ0n) is 11.6. The monoisotopic (exact) mass is 270 g/mol. The summed E-state index contributed by atoms with van der Waals surface area (Å²) in [4.78, 5) is 36.4. The second-order valence-electron chi connectivity index (χ2n) is 4.71. The summed E-state index contributed by atoms with van der Waals surface area (Å²) in [5.41, 5.74) is 0. The summed E-state index contributed by atoms with van der Waals surface area (Å²) in [6.45, 7) is 3.58. The number of carbonyl (C=O) groups excluding carboxylic acids is 3. The van der Waals surface area contributed by atoms with Crippen molar-refractivity contribution in [2.75, 3.05) is 33.3 Å². The SMILES string of the molecule is CCOC(=O)CC(=O)CN1CCCC(C(=O)NC)C1. The normalized spacial score (nSPS) is 19.8. The summed E-state index contributed by atoms with van der Waals surface area (Å²) in [6.07, 6.45) is 1.56. The second-order valence-corrected chi connectivity index (χ2v) is 4.71. The summed E-state index contributed by atoms with van der Waals surface area (Å²) in [5.74, 6) is -0.681. The molecule has 0 bridgehead atoms. The van der Waals surface area contributed by atoms with Gasteiger partial charge in [0.05, 0.1) is 19.1 Å². The molecule has 0 aliphatic carbocycles.